The van der Waals surface area contributed by atoms with Crippen molar-refractivity contribution in [3.8, 4) is 32.0 Å². The summed E-state index contributed by atoms with van der Waals surface area (Å²) in [5, 5.41) is 0. The zero-order valence-corrected chi connectivity index (χ0v) is 21.2. The van der Waals surface area contributed by atoms with Crippen molar-refractivity contribution >= 4 is 45.8 Å². The van der Waals surface area contributed by atoms with E-state index in [4.69, 9.17) is 0 Å². The van der Waals surface area contributed by atoms with Gasteiger partial charge in [-0.15, -0.1) is 22.7 Å². The van der Waals surface area contributed by atoms with Crippen molar-refractivity contribution in [1.29, 1.82) is 0 Å². The number of Topliss-reactive ketones (excluding diaryl/α,β-unsaturated/α-hetero) is 4. The van der Waals surface area contributed by atoms with E-state index in [0.29, 0.717) is 32.0 Å². The van der Waals surface area contributed by atoms with Gasteiger partial charge in [-0.05, 0) is 47.2 Å². The Morgan fingerprint density at radius 1 is 0.474 bits per heavy atom. The number of hydrogen-bond donors (Lipinski definition) is 0. The van der Waals surface area contributed by atoms with Crippen molar-refractivity contribution in [1.82, 2.24) is 0 Å². The lowest BCUT2D eigenvalue weighted by Gasteiger charge is -2.08. The van der Waals surface area contributed by atoms with Gasteiger partial charge in [0.1, 0.15) is 0 Å². The van der Waals surface area contributed by atoms with Crippen molar-refractivity contribution in [3.05, 3.63) is 80.5 Å². The zero-order chi connectivity index (χ0) is 27.3. The molecule has 190 valence electrons. The van der Waals surface area contributed by atoms with Crippen LogP contribution in [0.3, 0.4) is 0 Å². The van der Waals surface area contributed by atoms with Crippen LogP contribution in [0, 0.1) is 13.8 Å². The first-order valence-electron chi connectivity index (χ1n) is 11.3. The van der Waals surface area contributed by atoms with E-state index in [-0.39, 0.29) is 20.9 Å². The molecule has 2 heterocycles. The van der Waals surface area contributed by atoms with Gasteiger partial charge in [-0.25, -0.2) is 0 Å². The summed E-state index contributed by atoms with van der Waals surface area (Å²) in [6.07, 6.45) is 0. The second kappa shape index (κ2) is 7.87. The number of thiophene rings is 2. The van der Waals surface area contributed by atoms with Gasteiger partial charge in [0.2, 0.25) is 11.6 Å². The molecule has 6 rings (SSSR count). The molecule has 2 aromatic carbocycles. The van der Waals surface area contributed by atoms with Gasteiger partial charge in [-0.2, -0.15) is 17.6 Å². The second-order valence-corrected chi connectivity index (χ2v) is 11.2. The molecule has 0 atom stereocenters. The van der Waals surface area contributed by atoms with Crippen LogP contribution in [-0.4, -0.2) is 35.0 Å². The summed E-state index contributed by atoms with van der Waals surface area (Å²) < 4.78 is 55.3. The highest BCUT2D eigenvalue weighted by molar-refractivity contribution is 7.19. The molecule has 2 aliphatic carbocycles. The smallest absolute Gasteiger partial charge is 0.287 e. The molecule has 0 saturated carbocycles. The third-order valence-corrected chi connectivity index (χ3v) is 9.61. The summed E-state index contributed by atoms with van der Waals surface area (Å²) in [5.41, 5.74) is 3.31. The summed E-state index contributed by atoms with van der Waals surface area (Å²) in [7, 11) is 0. The number of rotatable bonds is 3. The topological polar surface area (TPSA) is 68.3 Å². The van der Waals surface area contributed by atoms with E-state index in [1.165, 1.54) is 0 Å². The molecule has 0 unspecified atom stereocenters. The molecule has 0 fully saturated rings. The average Bonchev–Trinajstić information content (AvgIpc) is 3.52. The Bertz CT molecular complexity index is 1610. The van der Waals surface area contributed by atoms with E-state index < -0.39 is 35.0 Å². The summed E-state index contributed by atoms with van der Waals surface area (Å²) >= 11 is 1.77. The van der Waals surface area contributed by atoms with Gasteiger partial charge < -0.3 is 0 Å². The fraction of sp³-hybridized carbons (Fsp3) is 0.143. The molecule has 0 bridgehead atoms. The number of alkyl halides is 4. The van der Waals surface area contributed by atoms with Gasteiger partial charge in [0, 0.05) is 20.9 Å². The van der Waals surface area contributed by atoms with E-state index >= 15 is 0 Å². The maximum absolute atomic E-state index is 13.8. The maximum Gasteiger partial charge on any atom is 0.372 e. The van der Waals surface area contributed by atoms with Gasteiger partial charge in [0.15, 0.2) is 0 Å². The van der Waals surface area contributed by atoms with Crippen molar-refractivity contribution in [2.45, 2.75) is 25.7 Å². The highest BCUT2D eigenvalue weighted by atomic mass is 32.1. The second-order valence-electron chi connectivity index (χ2n) is 9.14. The van der Waals surface area contributed by atoms with Gasteiger partial charge >= 0.3 is 11.8 Å². The molecule has 0 saturated heterocycles. The predicted molar refractivity (Wildman–Crippen MR) is 135 cm³/mol. The molecular weight excluding hydrogens is 540 g/mol. The molecule has 0 aliphatic heterocycles. The number of halogens is 4. The zero-order valence-electron chi connectivity index (χ0n) is 19.6. The van der Waals surface area contributed by atoms with Crippen molar-refractivity contribution in [2.75, 3.05) is 0 Å². The standard InChI is InChI=1S/C28H14F4O4S2/c1-11-17-21(25(35)27(29,30)23(17)33)37-19(11)15-7-3-13(4-8-15)14-5-9-16(10-6-14)20-12(2)18-22(38-20)26(36)28(31,32)24(18)34/h3-10H,1-2H3. The number of fused-ring (bicyclic) bond motifs is 2. The minimum absolute atomic E-state index is 0.207. The van der Waals surface area contributed by atoms with E-state index in [0.717, 1.165) is 33.8 Å². The third-order valence-electron chi connectivity index (χ3n) is 6.93. The van der Waals surface area contributed by atoms with Crippen LogP contribution in [0.4, 0.5) is 17.6 Å². The predicted octanol–water partition coefficient (Wildman–Crippen LogP) is 7.46. The largest absolute Gasteiger partial charge is 0.372 e. The Morgan fingerprint density at radius 3 is 1.05 bits per heavy atom. The highest BCUT2D eigenvalue weighted by Gasteiger charge is 2.58. The number of benzene rings is 2. The van der Waals surface area contributed by atoms with Crippen LogP contribution in [0.5, 0.6) is 0 Å². The minimum atomic E-state index is -4.00. The van der Waals surface area contributed by atoms with Crippen LogP contribution >= 0.6 is 22.7 Å². The number of carbonyl (C=O) groups is 4. The van der Waals surface area contributed by atoms with Gasteiger partial charge in [-0.3, -0.25) is 19.2 Å². The summed E-state index contributed by atoms with van der Waals surface area (Å²) in [6, 6.07) is 14.4. The first-order valence-corrected chi connectivity index (χ1v) is 12.9. The van der Waals surface area contributed by atoms with Crippen LogP contribution in [0.1, 0.15) is 51.2 Å². The van der Waals surface area contributed by atoms with Crippen molar-refractivity contribution in [2.24, 2.45) is 0 Å². The summed E-state index contributed by atoms with van der Waals surface area (Å²) in [4.78, 5) is 48.8. The average molecular weight is 555 g/mol. The lowest BCUT2D eigenvalue weighted by molar-refractivity contribution is 0.0187. The Balaban J connectivity index is 1.28. The minimum Gasteiger partial charge on any atom is -0.287 e. The molecule has 0 spiro atoms. The lowest BCUT2D eigenvalue weighted by Crippen LogP contribution is -2.30. The fourth-order valence-corrected chi connectivity index (χ4v) is 7.44. The van der Waals surface area contributed by atoms with Crippen LogP contribution in [0.25, 0.3) is 32.0 Å². The van der Waals surface area contributed by atoms with E-state index in [9.17, 15) is 36.7 Å². The summed E-state index contributed by atoms with van der Waals surface area (Å²) in [6.45, 7) is 3.10. The first-order chi connectivity index (χ1) is 17.9. The Kier molecular flexibility index (Phi) is 5.09. The number of ketones is 4. The van der Waals surface area contributed by atoms with Crippen LogP contribution in [0.15, 0.2) is 48.5 Å². The van der Waals surface area contributed by atoms with E-state index in [1.807, 2.05) is 24.3 Å². The molecule has 2 aliphatic rings. The number of carbonyl (C=O) groups excluding carboxylic acids is 4. The normalized spacial score (nSPS) is 17.3. The Hall–Kier alpha value is -3.76. The van der Waals surface area contributed by atoms with Gasteiger partial charge in [0.05, 0.1) is 9.75 Å². The molecular formula is C28H14F4O4S2. The fourth-order valence-electron chi connectivity index (χ4n) is 4.88. The van der Waals surface area contributed by atoms with Gasteiger partial charge in [0.25, 0.3) is 11.6 Å². The molecule has 0 radical (unpaired) electrons. The summed E-state index contributed by atoms with van der Waals surface area (Å²) in [5.74, 6) is -13.8. The van der Waals surface area contributed by atoms with Gasteiger partial charge in [-0.1, -0.05) is 48.5 Å². The number of hydrogen-bond acceptors (Lipinski definition) is 6. The quantitative estimate of drug-likeness (QED) is 0.195. The molecule has 0 amide bonds. The Morgan fingerprint density at radius 2 is 0.763 bits per heavy atom. The van der Waals surface area contributed by atoms with Crippen molar-refractivity contribution in [3.63, 3.8) is 0 Å². The van der Waals surface area contributed by atoms with Crippen LogP contribution < -0.4 is 0 Å². The van der Waals surface area contributed by atoms with E-state index in [1.54, 1.807) is 38.1 Å². The SMILES string of the molecule is Cc1c(-c2ccc(-c3ccc(-c4sc5c(c4C)C(=O)C(F)(F)C5=O)cc3)cc2)sc2c1C(=O)C(F)(F)C2=O. The van der Waals surface area contributed by atoms with Crippen LogP contribution in [-0.2, 0) is 0 Å². The Labute approximate surface area is 220 Å². The monoisotopic (exact) mass is 554 g/mol. The maximum atomic E-state index is 13.8. The van der Waals surface area contributed by atoms with Crippen molar-refractivity contribution < 1.29 is 36.7 Å². The molecule has 10 heteroatoms. The molecule has 0 N–H and O–H groups in total. The molecule has 38 heavy (non-hydrogen) atoms. The molecule has 4 nitrogen and oxygen atoms in total. The van der Waals surface area contributed by atoms with Crippen LogP contribution in [0.2, 0.25) is 0 Å². The lowest BCUT2D eigenvalue weighted by atomic mass is 9.99. The highest BCUT2D eigenvalue weighted by Crippen LogP contribution is 2.47. The molecule has 4 aromatic rings. The molecule has 2 aromatic heterocycles. The first kappa shape index (κ1) is 24.6. The van der Waals surface area contributed by atoms with E-state index in [2.05, 4.69) is 0 Å². The third kappa shape index (κ3) is 3.13.